The molecule has 0 spiro atoms. The van der Waals surface area contributed by atoms with Crippen LogP contribution < -0.4 is 4.31 Å². The third-order valence-corrected chi connectivity index (χ3v) is 4.09. The summed E-state index contributed by atoms with van der Waals surface area (Å²) in [5, 5.41) is 2.17. The van der Waals surface area contributed by atoms with Crippen molar-refractivity contribution < 1.29 is 8.42 Å². The second kappa shape index (κ2) is 4.04. The van der Waals surface area contributed by atoms with Gasteiger partial charge >= 0.3 is 0 Å². The van der Waals surface area contributed by atoms with Crippen molar-refractivity contribution in [2.45, 2.75) is 6.92 Å². The summed E-state index contributed by atoms with van der Waals surface area (Å²) in [6, 6.07) is 11.8. The smallest absolute Gasteiger partial charge is 0.232 e. The molecule has 90 valence electrons. The topological polar surface area (TPSA) is 37.4 Å². The normalized spacial score (nSPS) is 11.7. The van der Waals surface area contributed by atoms with Crippen LogP contribution in [-0.2, 0) is 10.0 Å². The van der Waals surface area contributed by atoms with E-state index in [9.17, 15) is 8.42 Å². The molecule has 0 saturated carbocycles. The zero-order valence-corrected chi connectivity index (χ0v) is 11.0. The second-order valence-corrected chi connectivity index (χ2v) is 6.23. The monoisotopic (exact) mass is 249 g/mol. The Kier molecular flexibility index (Phi) is 2.83. The summed E-state index contributed by atoms with van der Waals surface area (Å²) in [5.74, 6) is 0. The Balaban J connectivity index is 2.67. The maximum absolute atomic E-state index is 11.5. The van der Waals surface area contributed by atoms with E-state index in [0.717, 1.165) is 22.0 Å². The summed E-state index contributed by atoms with van der Waals surface area (Å²) in [7, 11) is -1.64. The molecule has 4 heteroatoms. The summed E-state index contributed by atoms with van der Waals surface area (Å²) in [5.41, 5.74) is 1.68. The fourth-order valence-electron chi connectivity index (χ4n) is 1.86. The lowest BCUT2D eigenvalue weighted by molar-refractivity contribution is 0.600. The number of hydrogen-bond donors (Lipinski definition) is 0. The number of fused-ring (bicyclic) bond motifs is 1. The molecule has 2 aromatic carbocycles. The first-order chi connectivity index (χ1) is 7.89. The van der Waals surface area contributed by atoms with Crippen molar-refractivity contribution >= 4 is 26.5 Å². The second-order valence-electron chi connectivity index (χ2n) is 4.22. The molecule has 2 aromatic rings. The molecule has 0 aliphatic heterocycles. The van der Waals surface area contributed by atoms with Crippen LogP contribution in [0.2, 0.25) is 0 Å². The molecule has 0 fully saturated rings. The third kappa shape index (κ3) is 2.26. The highest BCUT2D eigenvalue weighted by molar-refractivity contribution is 7.92. The van der Waals surface area contributed by atoms with Crippen LogP contribution in [-0.4, -0.2) is 21.7 Å². The Bertz CT molecular complexity index is 662. The van der Waals surface area contributed by atoms with E-state index in [0.29, 0.717) is 0 Å². The molecular weight excluding hydrogens is 234 g/mol. The van der Waals surface area contributed by atoms with Crippen molar-refractivity contribution in [2.75, 3.05) is 17.6 Å². The Labute approximate surface area is 102 Å². The van der Waals surface area contributed by atoms with Gasteiger partial charge in [-0.1, -0.05) is 24.3 Å². The molecule has 17 heavy (non-hydrogen) atoms. The Hall–Kier alpha value is -1.55. The van der Waals surface area contributed by atoms with Crippen LogP contribution in [0.1, 0.15) is 5.56 Å². The summed E-state index contributed by atoms with van der Waals surface area (Å²) >= 11 is 0. The molecule has 0 amide bonds. The quantitative estimate of drug-likeness (QED) is 0.820. The largest absolute Gasteiger partial charge is 0.273 e. The van der Waals surface area contributed by atoms with Crippen molar-refractivity contribution in [2.24, 2.45) is 0 Å². The molecule has 0 aliphatic rings. The van der Waals surface area contributed by atoms with Gasteiger partial charge in [0, 0.05) is 7.05 Å². The molecule has 0 bridgehead atoms. The first-order valence-corrected chi connectivity index (χ1v) is 7.18. The molecule has 0 aromatic heterocycles. The lowest BCUT2D eigenvalue weighted by atomic mass is 10.1. The average Bonchev–Trinajstić information content (AvgIpc) is 2.26. The summed E-state index contributed by atoms with van der Waals surface area (Å²) in [6.07, 6.45) is 1.21. The molecule has 3 nitrogen and oxygen atoms in total. The average molecular weight is 249 g/mol. The maximum atomic E-state index is 11.5. The lowest BCUT2D eigenvalue weighted by Gasteiger charge is -2.19. The van der Waals surface area contributed by atoms with Crippen LogP contribution in [0.4, 0.5) is 5.69 Å². The van der Waals surface area contributed by atoms with Gasteiger partial charge in [-0.2, -0.15) is 0 Å². The number of anilines is 1. The van der Waals surface area contributed by atoms with Gasteiger partial charge in [0.05, 0.1) is 11.9 Å². The summed E-state index contributed by atoms with van der Waals surface area (Å²) in [6.45, 7) is 1.92. The SMILES string of the molecule is Cc1cc2ccccc2cc1N(C)S(C)(=O)=O. The van der Waals surface area contributed by atoms with E-state index in [2.05, 4.69) is 0 Å². The van der Waals surface area contributed by atoms with Gasteiger partial charge in [0.15, 0.2) is 0 Å². The predicted octanol–water partition coefficient (Wildman–Crippen LogP) is 2.54. The van der Waals surface area contributed by atoms with E-state index in [-0.39, 0.29) is 0 Å². The number of benzene rings is 2. The number of rotatable bonds is 2. The number of aryl methyl sites for hydroxylation is 1. The molecule has 0 aliphatic carbocycles. The minimum Gasteiger partial charge on any atom is -0.273 e. The van der Waals surface area contributed by atoms with Crippen molar-refractivity contribution in [3.8, 4) is 0 Å². The van der Waals surface area contributed by atoms with Gasteiger partial charge in [0.2, 0.25) is 10.0 Å². The van der Waals surface area contributed by atoms with Crippen LogP contribution in [0.25, 0.3) is 10.8 Å². The summed E-state index contributed by atoms with van der Waals surface area (Å²) < 4.78 is 24.4. The standard InChI is InChI=1S/C13H15NO2S/c1-10-8-11-6-4-5-7-12(11)9-13(10)14(2)17(3,15)16/h4-9H,1-3H3. The molecular formula is C13H15NO2S. The Morgan fingerprint density at radius 1 is 1.06 bits per heavy atom. The van der Waals surface area contributed by atoms with Crippen LogP contribution in [0.5, 0.6) is 0 Å². The fourth-order valence-corrected chi connectivity index (χ4v) is 2.41. The minimum absolute atomic E-state index is 0.728. The highest BCUT2D eigenvalue weighted by Gasteiger charge is 2.14. The molecule has 0 N–H and O–H groups in total. The van der Waals surface area contributed by atoms with Crippen LogP contribution in [0.15, 0.2) is 36.4 Å². The number of nitrogens with zero attached hydrogens (tertiary/aromatic N) is 1. The molecule has 0 unspecified atom stereocenters. The first kappa shape index (κ1) is 11.9. The zero-order valence-electron chi connectivity index (χ0n) is 10.1. The van der Waals surface area contributed by atoms with Gasteiger partial charge in [-0.25, -0.2) is 8.42 Å². The zero-order chi connectivity index (χ0) is 12.6. The van der Waals surface area contributed by atoms with E-state index in [4.69, 9.17) is 0 Å². The molecule has 0 radical (unpaired) electrons. The molecule has 2 rings (SSSR count). The van der Waals surface area contributed by atoms with Crippen molar-refractivity contribution in [3.63, 3.8) is 0 Å². The predicted molar refractivity (Wildman–Crippen MR) is 71.9 cm³/mol. The van der Waals surface area contributed by atoms with E-state index < -0.39 is 10.0 Å². The van der Waals surface area contributed by atoms with E-state index in [1.165, 1.54) is 10.6 Å². The van der Waals surface area contributed by atoms with Gasteiger partial charge in [0.1, 0.15) is 0 Å². The lowest BCUT2D eigenvalue weighted by Crippen LogP contribution is -2.25. The highest BCUT2D eigenvalue weighted by Crippen LogP contribution is 2.27. The highest BCUT2D eigenvalue weighted by atomic mass is 32.2. The van der Waals surface area contributed by atoms with Crippen LogP contribution >= 0.6 is 0 Å². The van der Waals surface area contributed by atoms with Crippen molar-refractivity contribution in [1.82, 2.24) is 0 Å². The van der Waals surface area contributed by atoms with Gasteiger partial charge in [0.25, 0.3) is 0 Å². The van der Waals surface area contributed by atoms with E-state index >= 15 is 0 Å². The third-order valence-electron chi connectivity index (χ3n) is 2.90. The van der Waals surface area contributed by atoms with Crippen LogP contribution in [0.3, 0.4) is 0 Å². The van der Waals surface area contributed by atoms with Crippen LogP contribution in [0, 0.1) is 6.92 Å². The first-order valence-electron chi connectivity index (χ1n) is 5.33. The van der Waals surface area contributed by atoms with Crippen molar-refractivity contribution in [1.29, 1.82) is 0 Å². The van der Waals surface area contributed by atoms with Gasteiger partial charge in [-0.15, -0.1) is 0 Å². The van der Waals surface area contributed by atoms with Gasteiger partial charge < -0.3 is 0 Å². The molecule has 0 atom stereocenters. The van der Waals surface area contributed by atoms with Gasteiger partial charge in [-0.3, -0.25) is 4.31 Å². The Morgan fingerprint density at radius 2 is 1.59 bits per heavy atom. The Morgan fingerprint density at radius 3 is 2.12 bits per heavy atom. The van der Waals surface area contributed by atoms with Gasteiger partial charge in [-0.05, 0) is 35.4 Å². The number of sulfonamides is 1. The summed E-state index contributed by atoms with van der Waals surface area (Å²) in [4.78, 5) is 0. The maximum Gasteiger partial charge on any atom is 0.232 e. The van der Waals surface area contributed by atoms with Crippen molar-refractivity contribution in [3.05, 3.63) is 42.0 Å². The molecule has 0 heterocycles. The van der Waals surface area contributed by atoms with E-state index in [1.54, 1.807) is 7.05 Å². The number of hydrogen-bond acceptors (Lipinski definition) is 2. The van der Waals surface area contributed by atoms with E-state index in [1.807, 2.05) is 43.3 Å². The molecule has 0 saturated heterocycles. The minimum atomic E-state index is -3.21. The fraction of sp³-hybridized carbons (Fsp3) is 0.231.